The Hall–Kier alpha value is -1.00. The summed E-state index contributed by atoms with van der Waals surface area (Å²) in [6.07, 6.45) is 0. The highest BCUT2D eigenvalue weighted by molar-refractivity contribution is 14.2. The van der Waals surface area contributed by atoms with Crippen molar-refractivity contribution in [2.24, 2.45) is 0 Å². The Morgan fingerprint density at radius 1 is 0.800 bits per heavy atom. The lowest BCUT2D eigenvalue weighted by molar-refractivity contribution is 0.0293. The van der Waals surface area contributed by atoms with Gasteiger partial charge in [0.2, 0.25) is 0 Å². The van der Waals surface area contributed by atoms with Gasteiger partial charge >= 0.3 is 0 Å². The van der Waals surface area contributed by atoms with Crippen LogP contribution in [0.15, 0.2) is 42.5 Å². The van der Waals surface area contributed by atoms with Gasteiger partial charge in [0.15, 0.2) is 0 Å². The molecule has 0 aliphatic heterocycles. The Morgan fingerprint density at radius 2 is 1.52 bits per heavy atom. The second kappa shape index (κ2) is 10.2. The first kappa shape index (κ1) is 18.8. The number of ether oxygens (including phenoxy) is 3. The highest BCUT2D eigenvalue weighted by Crippen LogP contribution is 2.28. The Kier molecular flexibility index (Phi) is 7.68. The molecule has 0 atom stereocenters. The van der Waals surface area contributed by atoms with E-state index in [1.807, 2.05) is 18.2 Å². The van der Waals surface area contributed by atoms with Crippen molar-refractivity contribution in [1.29, 1.82) is 0 Å². The number of hydrogen-bond acceptors (Lipinski definition) is 5. The third-order valence-corrected chi connectivity index (χ3v) is 4.72. The highest BCUT2D eigenvalue weighted by atomic mass is 127. The van der Waals surface area contributed by atoms with Gasteiger partial charge in [-0.2, -0.15) is 0 Å². The zero-order chi connectivity index (χ0) is 17.3. The van der Waals surface area contributed by atoms with Gasteiger partial charge in [0, 0.05) is 43.6 Å². The summed E-state index contributed by atoms with van der Waals surface area (Å²) in [4.78, 5) is 3.42. The van der Waals surface area contributed by atoms with E-state index >= 15 is 0 Å². The van der Waals surface area contributed by atoms with E-state index in [1.54, 1.807) is 0 Å². The van der Waals surface area contributed by atoms with Gasteiger partial charge in [0.25, 0.3) is 0 Å². The van der Waals surface area contributed by atoms with E-state index in [-0.39, 0.29) is 0 Å². The Labute approximate surface area is 163 Å². The molecule has 1 aromatic heterocycles. The maximum absolute atomic E-state index is 5.76. The summed E-state index contributed by atoms with van der Waals surface area (Å²) in [6, 6.07) is 14.4. The molecule has 0 saturated heterocycles. The first-order chi connectivity index (χ1) is 12.4. The zero-order valence-electron chi connectivity index (χ0n) is 13.7. The largest absolute Gasteiger partial charge is 0.491 e. The first-order valence-electron chi connectivity index (χ1n) is 8.07. The van der Waals surface area contributed by atoms with E-state index in [9.17, 15) is 0 Å². The van der Waals surface area contributed by atoms with Gasteiger partial charge in [-0.1, -0.05) is 18.2 Å². The van der Waals surface area contributed by atoms with Gasteiger partial charge in [-0.25, -0.2) is 0 Å². The zero-order valence-corrected chi connectivity index (χ0v) is 16.7. The molecule has 1 N–H and O–H groups in total. The van der Waals surface area contributed by atoms with Gasteiger partial charge in [-0.3, -0.25) is 0 Å². The predicted molar refractivity (Wildman–Crippen MR) is 111 cm³/mol. The van der Waals surface area contributed by atoms with E-state index in [1.165, 1.54) is 20.0 Å². The normalized spacial score (nSPS) is 11.4. The number of H-pyrrole nitrogens is 1. The summed E-state index contributed by atoms with van der Waals surface area (Å²) in [5.74, 6) is 0.840. The molecule has 0 spiro atoms. The van der Waals surface area contributed by atoms with Crippen molar-refractivity contribution in [2.75, 3.05) is 39.6 Å². The number of para-hydroxylation sites is 1. The van der Waals surface area contributed by atoms with Crippen LogP contribution in [0.2, 0.25) is 0 Å². The summed E-state index contributed by atoms with van der Waals surface area (Å²) in [7, 11) is 1.32. The number of fused-ring (bicyclic) bond motifs is 3. The standard InChI is InChI=1S/C18H20INO4S/c19-25-24-12-10-22-8-7-21-9-11-23-14-5-6-16-15-3-1-2-4-17(15)20-18(16)13-14/h1-6,13,20H,7-12H2. The maximum Gasteiger partial charge on any atom is 0.121 e. The van der Waals surface area contributed by atoms with Gasteiger partial charge in [-0.05, 0) is 18.2 Å². The molecule has 0 aliphatic carbocycles. The fraction of sp³-hybridized carbons (Fsp3) is 0.333. The van der Waals surface area contributed by atoms with E-state index < -0.39 is 0 Å². The van der Waals surface area contributed by atoms with Crippen LogP contribution in [0.3, 0.4) is 0 Å². The fourth-order valence-electron chi connectivity index (χ4n) is 2.59. The summed E-state index contributed by atoms with van der Waals surface area (Å²) in [6.45, 7) is 3.35. The summed E-state index contributed by atoms with van der Waals surface area (Å²) in [5, 5.41) is 2.44. The number of hydrogen-bond donors (Lipinski definition) is 1. The lowest BCUT2D eigenvalue weighted by Gasteiger charge is -2.08. The number of aromatic amines is 1. The molecule has 1 heterocycles. The average Bonchev–Trinajstić information content (AvgIpc) is 3.01. The van der Waals surface area contributed by atoms with Crippen LogP contribution in [-0.4, -0.2) is 44.6 Å². The van der Waals surface area contributed by atoms with Crippen molar-refractivity contribution in [3.05, 3.63) is 42.5 Å². The van der Waals surface area contributed by atoms with Crippen LogP contribution in [-0.2, 0) is 13.7 Å². The molecule has 0 aliphatic rings. The van der Waals surface area contributed by atoms with Gasteiger partial charge in [0.1, 0.15) is 12.4 Å². The second-order valence-electron chi connectivity index (χ2n) is 5.34. The Bertz CT molecular complexity index is 795. The second-order valence-corrected chi connectivity index (χ2v) is 6.78. The van der Waals surface area contributed by atoms with Crippen LogP contribution in [0.5, 0.6) is 5.75 Å². The first-order valence-corrected chi connectivity index (χ1v) is 11.4. The third-order valence-electron chi connectivity index (χ3n) is 3.70. The molecule has 7 heteroatoms. The number of aromatic nitrogens is 1. The van der Waals surface area contributed by atoms with Crippen molar-refractivity contribution < 1.29 is 18.4 Å². The molecule has 3 aromatic rings. The average molecular weight is 473 g/mol. The van der Waals surface area contributed by atoms with Crippen molar-refractivity contribution in [1.82, 2.24) is 4.98 Å². The predicted octanol–water partition coefficient (Wildman–Crippen LogP) is 4.75. The number of benzene rings is 2. The third kappa shape index (κ3) is 5.49. The van der Waals surface area contributed by atoms with Crippen molar-refractivity contribution >= 4 is 52.2 Å². The number of nitrogens with one attached hydrogen (secondary N) is 1. The minimum absolute atomic E-state index is 0.514. The minimum atomic E-state index is 0.514. The molecule has 2 aromatic carbocycles. The molecule has 0 fully saturated rings. The van der Waals surface area contributed by atoms with Crippen molar-refractivity contribution in [3.8, 4) is 5.75 Å². The van der Waals surface area contributed by atoms with Crippen LogP contribution in [0.4, 0.5) is 0 Å². The number of rotatable bonds is 11. The monoisotopic (exact) mass is 473 g/mol. The number of halogens is 1. The van der Waals surface area contributed by atoms with E-state index in [0.29, 0.717) is 39.6 Å². The topological polar surface area (TPSA) is 52.7 Å². The van der Waals surface area contributed by atoms with Crippen LogP contribution in [0.1, 0.15) is 0 Å². The summed E-state index contributed by atoms with van der Waals surface area (Å²) >= 11 is 2.08. The quantitative estimate of drug-likeness (QED) is 0.248. The van der Waals surface area contributed by atoms with Gasteiger partial charge < -0.3 is 23.4 Å². The molecule has 25 heavy (non-hydrogen) atoms. The molecule has 0 saturated carbocycles. The van der Waals surface area contributed by atoms with Crippen LogP contribution >= 0.6 is 30.4 Å². The summed E-state index contributed by atoms with van der Waals surface area (Å²) in [5.41, 5.74) is 2.22. The molecule has 0 bridgehead atoms. The minimum Gasteiger partial charge on any atom is -0.491 e. The van der Waals surface area contributed by atoms with Crippen molar-refractivity contribution in [3.63, 3.8) is 0 Å². The van der Waals surface area contributed by atoms with Gasteiger partial charge in [0.05, 0.1) is 47.8 Å². The smallest absolute Gasteiger partial charge is 0.121 e. The van der Waals surface area contributed by atoms with Crippen LogP contribution < -0.4 is 4.74 Å². The lowest BCUT2D eigenvalue weighted by Crippen LogP contribution is -2.12. The Balaban J connectivity index is 1.38. The fourth-order valence-corrected chi connectivity index (χ4v) is 3.26. The van der Waals surface area contributed by atoms with Crippen LogP contribution in [0.25, 0.3) is 21.8 Å². The summed E-state index contributed by atoms with van der Waals surface area (Å²) < 4.78 is 21.7. The molecule has 134 valence electrons. The SMILES string of the molecule is ISOCCOCCOCCOc1ccc2c(c1)[nH]c1ccccc12. The van der Waals surface area contributed by atoms with Crippen molar-refractivity contribution in [2.45, 2.75) is 0 Å². The molecular weight excluding hydrogens is 453 g/mol. The Morgan fingerprint density at radius 3 is 2.36 bits per heavy atom. The molecule has 3 rings (SSSR count). The molecule has 0 radical (unpaired) electrons. The van der Waals surface area contributed by atoms with Crippen LogP contribution in [0, 0.1) is 0 Å². The highest BCUT2D eigenvalue weighted by Gasteiger charge is 2.04. The molecular formula is C18H20INO4S. The molecule has 0 unspecified atom stereocenters. The van der Waals surface area contributed by atoms with E-state index in [0.717, 1.165) is 16.8 Å². The van der Waals surface area contributed by atoms with E-state index in [4.69, 9.17) is 18.4 Å². The van der Waals surface area contributed by atoms with Gasteiger partial charge in [-0.15, -0.1) is 0 Å². The van der Waals surface area contributed by atoms with E-state index in [2.05, 4.69) is 50.5 Å². The maximum atomic E-state index is 5.76. The molecule has 5 nitrogen and oxygen atoms in total. The molecule has 0 amide bonds. The lowest BCUT2D eigenvalue weighted by atomic mass is 10.1.